The van der Waals surface area contributed by atoms with Crippen LogP contribution in [0.2, 0.25) is 5.02 Å². The summed E-state index contributed by atoms with van der Waals surface area (Å²) in [6.07, 6.45) is 1.44. The number of rotatable bonds is 8. The molecule has 7 nitrogen and oxygen atoms in total. The summed E-state index contributed by atoms with van der Waals surface area (Å²) in [6.45, 7) is 5.96. The minimum atomic E-state index is -0.519. The molecule has 9 heteroatoms. The van der Waals surface area contributed by atoms with Gasteiger partial charge < -0.3 is 20.1 Å². The second-order valence-corrected chi connectivity index (χ2v) is 7.67. The summed E-state index contributed by atoms with van der Waals surface area (Å²) in [6, 6.07) is 8.65. The van der Waals surface area contributed by atoms with Crippen molar-refractivity contribution in [3.63, 3.8) is 0 Å². The van der Waals surface area contributed by atoms with Gasteiger partial charge in [-0.05, 0) is 18.2 Å². The highest BCUT2D eigenvalue weighted by Crippen LogP contribution is 2.31. The molecule has 3 aromatic rings. The highest BCUT2D eigenvalue weighted by molar-refractivity contribution is 6.31. The van der Waals surface area contributed by atoms with Gasteiger partial charge in [0, 0.05) is 49.7 Å². The van der Waals surface area contributed by atoms with E-state index in [-0.39, 0.29) is 10.7 Å². The highest BCUT2D eigenvalue weighted by Gasteiger charge is 2.14. The first-order chi connectivity index (χ1) is 15.2. The van der Waals surface area contributed by atoms with E-state index in [4.69, 9.17) is 21.1 Å². The molecule has 0 radical (unpaired) electrons. The van der Waals surface area contributed by atoms with E-state index in [1.165, 1.54) is 12.4 Å². The Bertz CT molecular complexity index is 1050. The molecule has 31 heavy (non-hydrogen) atoms. The third-order valence-corrected chi connectivity index (χ3v) is 5.56. The van der Waals surface area contributed by atoms with Crippen molar-refractivity contribution in [2.75, 3.05) is 51.8 Å². The standard InChI is InChI=1S/C22H25ClFN5O2/c1-30-20-12-19-16(11-15(20)13-25-5-6-29-7-9-31-10-8-29)22(27-14-26-19)28-18-4-2-3-17(23)21(18)24/h2-4,11-12,14,25H,5-10,13H2,1H3,(H,26,27,28). The van der Waals surface area contributed by atoms with Crippen molar-refractivity contribution in [3.8, 4) is 5.75 Å². The van der Waals surface area contributed by atoms with Crippen LogP contribution in [0.1, 0.15) is 5.56 Å². The Balaban J connectivity index is 1.53. The maximum Gasteiger partial charge on any atom is 0.165 e. The van der Waals surface area contributed by atoms with Gasteiger partial charge >= 0.3 is 0 Å². The average molecular weight is 446 g/mol. The van der Waals surface area contributed by atoms with Gasteiger partial charge in [-0.15, -0.1) is 0 Å². The number of morpholine rings is 1. The van der Waals surface area contributed by atoms with Crippen LogP contribution in [-0.4, -0.2) is 61.4 Å². The van der Waals surface area contributed by atoms with E-state index in [1.54, 1.807) is 19.2 Å². The maximum atomic E-state index is 14.4. The van der Waals surface area contributed by atoms with E-state index in [9.17, 15) is 4.39 Å². The van der Waals surface area contributed by atoms with Crippen molar-refractivity contribution in [2.24, 2.45) is 0 Å². The second kappa shape index (κ2) is 10.2. The minimum Gasteiger partial charge on any atom is -0.496 e. The molecule has 1 aromatic heterocycles. The molecule has 0 aliphatic carbocycles. The summed E-state index contributed by atoms with van der Waals surface area (Å²) < 4.78 is 25.3. The molecular formula is C22H25ClFN5O2. The number of hydrogen-bond donors (Lipinski definition) is 2. The lowest BCUT2D eigenvalue weighted by Gasteiger charge is -2.26. The number of halogens is 2. The summed E-state index contributed by atoms with van der Waals surface area (Å²) in [5, 5.41) is 7.34. The lowest BCUT2D eigenvalue weighted by molar-refractivity contribution is 0.0384. The lowest BCUT2D eigenvalue weighted by Crippen LogP contribution is -2.40. The van der Waals surface area contributed by atoms with Gasteiger partial charge in [-0.2, -0.15) is 0 Å². The van der Waals surface area contributed by atoms with Crippen molar-refractivity contribution < 1.29 is 13.9 Å². The highest BCUT2D eigenvalue weighted by atomic mass is 35.5. The Kier molecular flexibility index (Phi) is 7.14. The van der Waals surface area contributed by atoms with Crippen LogP contribution in [0.15, 0.2) is 36.7 Å². The van der Waals surface area contributed by atoms with E-state index >= 15 is 0 Å². The molecule has 0 spiro atoms. The monoisotopic (exact) mass is 445 g/mol. The van der Waals surface area contributed by atoms with E-state index in [0.29, 0.717) is 17.9 Å². The first kappa shape index (κ1) is 21.7. The molecule has 1 aliphatic rings. The van der Waals surface area contributed by atoms with Gasteiger partial charge in [0.25, 0.3) is 0 Å². The molecule has 0 saturated carbocycles. The fourth-order valence-corrected chi connectivity index (χ4v) is 3.74. The van der Waals surface area contributed by atoms with Gasteiger partial charge in [0.15, 0.2) is 5.82 Å². The molecule has 1 saturated heterocycles. The van der Waals surface area contributed by atoms with Gasteiger partial charge in [-0.1, -0.05) is 17.7 Å². The number of methoxy groups -OCH3 is 1. The van der Waals surface area contributed by atoms with Crippen molar-refractivity contribution >= 4 is 34.0 Å². The van der Waals surface area contributed by atoms with Crippen LogP contribution < -0.4 is 15.4 Å². The zero-order valence-corrected chi connectivity index (χ0v) is 18.1. The van der Waals surface area contributed by atoms with E-state index in [2.05, 4.69) is 25.5 Å². The summed E-state index contributed by atoms with van der Waals surface area (Å²) in [4.78, 5) is 11.0. The van der Waals surface area contributed by atoms with Gasteiger partial charge in [-0.3, -0.25) is 4.90 Å². The summed E-state index contributed by atoms with van der Waals surface area (Å²) in [7, 11) is 1.64. The summed E-state index contributed by atoms with van der Waals surface area (Å²) in [5.41, 5.74) is 1.93. The number of fused-ring (bicyclic) bond motifs is 1. The Morgan fingerprint density at radius 1 is 1.23 bits per heavy atom. The zero-order valence-electron chi connectivity index (χ0n) is 17.3. The van der Waals surface area contributed by atoms with Crippen LogP contribution in [0.4, 0.5) is 15.9 Å². The Hall–Kier alpha value is -2.52. The van der Waals surface area contributed by atoms with Crippen LogP contribution in [0, 0.1) is 5.82 Å². The first-order valence-electron chi connectivity index (χ1n) is 10.2. The smallest absolute Gasteiger partial charge is 0.165 e. The second-order valence-electron chi connectivity index (χ2n) is 7.26. The van der Waals surface area contributed by atoms with Crippen molar-refractivity contribution in [1.82, 2.24) is 20.2 Å². The van der Waals surface area contributed by atoms with Crippen molar-refractivity contribution in [3.05, 3.63) is 53.1 Å². The molecule has 2 N–H and O–H groups in total. The molecule has 0 unspecified atom stereocenters. The molecule has 0 bridgehead atoms. The van der Waals surface area contributed by atoms with E-state index in [1.807, 2.05) is 12.1 Å². The molecule has 2 heterocycles. The normalized spacial score (nSPS) is 14.7. The largest absolute Gasteiger partial charge is 0.496 e. The number of aromatic nitrogens is 2. The van der Waals surface area contributed by atoms with Crippen LogP contribution in [-0.2, 0) is 11.3 Å². The third-order valence-electron chi connectivity index (χ3n) is 5.27. The fourth-order valence-electron chi connectivity index (χ4n) is 3.57. The van der Waals surface area contributed by atoms with E-state index < -0.39 is 5.82 Å². The van der Waals surface area contributed by atoms with Gasteiger partial charge in [0.1, 0.15) is 17.9 Å². The lowest BCUT2D eigenvalue weighted by atomic mass is 10.1. The van der Waals surface area contributed by atoms with Crippen molar-refractivity contribution in [1.29, 1.82) is 0 Å². The van der Waals surface area contributed by atoms with Gasteiger partial charge in [-0.25, -0.2) is 14.4 Å². The topological polar surface area (TPSA) is 71.5 Å². The van der Waals surface area contributed by atoms with Crippen molar-refractivity contribution in [2.45, 2.75) is 6.54 Å². The molecule has 0 atom stereocenters. The molecule has 1 fully saturated rings. The van der Waals surface area contributed by atoms with Gasteiger partial charge in [0.05, 0.1) is 36.6 Å². The van der Waals surface area contributed by atoms with Crippen LogP contribution in [0.5, 0.6) is 5.75 Å². The zero-order chi connectivity index (χ0) is 21.6. The third kappa shape index (κ3) is 5.22. The SMILES string of the molecule is COc1cc2ncnc(Nc3cccc(Cl)c3F)c2cc1CNCCN1CCOCC1. The predicted octanol–water partition coefficient (Wildman–Crippen LogP) is 3.60. The minimum absolute atomic E-state index is 0.0511. The fraction of sp³-hybridized carbons (Fsp3) is 0.364. The molecule has 1 aliphatic heterocycles. The number of benzene rings is 2. The number of nitrogens with one attached hydrogen (secondary N) is 2. The predicted molar refractivity (Wildman–Crippen MR) is 120 cm³/mol. The number of nitrogens with zero attached hydrogens (tertiary/aromatic N) is 3. The Labute approximate surface area is 185 Å². The first-order valence-corrected chi connectivity index (χ1v) is 10.6. The van der Waals surface area contributed by atoms with Crippen LogP contribution in [0.25, 0.3) is 10.9 Å². The van der Waals surface area contributed by atoms with Crippen LogP contribution >= 0.6 is 11.6 Å². The average Bonchev–Trinajstić information content (AvgIpc) is 2.80. The number of anilines is 2. The summed E-state index contributed by atoms with van der Waals surface area (Å²) in [5.74, 6) is 0.725. The molecule has 4 rings (SSSR count). The number of ether oxygens (including phenoxy) is 2. The number of hydrogen-bond acceptors (Lipinski definition) is 7. The Morgan fingerprint density at radius 3 is 2.87 bits per heavy atom. The Morgan fingerprint density at radius 2 is 2.06 bits per heavy atom. The van der Waals surface area contributed by atoms with Crippen LogP contribution in [0.3, 0.4) is 0 Å². The van der Waals surface area contributed by atoms with E-state index in [0.717, 1.165) is 56.1 Å². The quantitative estimate of drug-likeness (QED) is 0.513. The summed E-state index contributed by atoms with van der Waals surface area (Å²) >= 11 is 5.91. The maximum absolute atomic E-state index is 14.4. The molecule has 0 amide bonds. The molecule has 2 aromatic carbocycles. The van der Waals surface area contributed by atoms with Gasteiger partial charge in [0.2, 0.25) is 0 Å². The molecule has 164 valence electrons. The molecular weight excluding hydrogens is 421 g/mol.